The van der Waals surface area contributed by atoms with Crippen LogP contribution < -0.4 is 10.6 Å². The van der Waals surface area contributed by atoms with Gasteiger partial charge in [0.25, 0.3) is 0 Å². The van der Waals surface area contributed by atoms with Crippen LogP contribution in [0.15, 0.2) is 36.5 Å². The van der Waals surface area contributed by atoms with Crippen LogP contribution in [0, 0.1) is 6.92 Å². The van der Waals surface area contributed by atoms with Crippen LogP contribution in [0.5, 0.6) is 0 Å². The van der Waals surface area contributed by atoms with E-state index in [-0.39, 0.29) is 0 Å². The number of esters is 1. The molecule has 2 aromatic rings. The van der Waals surface area contributed by atoms with Gasteiger partial charge < -0.3 is 15.4 Å². The molecule has 0 unspecified atom stereocenters. The number of anilines is 2. The minimum atomic E-state index is -0.458. The van der Waals surface area contributed by atoms with Gasteiger partial charge in [0.1, 0.15) is 0 Å². The second-order valence-corrected chi connectivity index (χ2v) is 4.87. The summed E-state index contributed by atoms with van der Waals surface area (Å²) in [6.45, 7) is 2.72. The van der Waals surface area contributed by atoms with Gasteiger partial charge in [0, 0.05) is 19.8 Å². The molecule has 5 heteroatoms. The van der Waals surface area contributed by atoms with Crippen LogP contribution in [-0.2, 0) is 11.3 Å². The fourth-order valence-corrected chi connectivity index (χ4v) is 2.17. The average Bonchev–Trinajstić information content (AvgIpc) is 2.49. The van der Waals surface area contributed by atoms with E-state index in [1.54, 1.807) is 12.3 Å². The maximum absolute atomic E-state index is 11.7. The monoisotopic (exact) mass is 285 g/mol. The summed E-state index contributed by atoms with van der Waals surface area (Å²) >= 11 is 0. The zero-order valence-corrected chi connectivity index (χ0v) is 12.5. The van der Waals surface area contributed by atoms with Gasteiger partial charge in [-0.1, -0.05) is 24.3 Å². The van der Waals surface area contributed by atoms with Crippen LogP contribution in [0.3, 0.4) is 0 Å². The number of rotatable bonds is 4. The number of aromatic nitrogens is 1. The highest BCUT2D eigenvalue weighted by atomic mass is 16.5. The van der Waals surface area contributed by atoms with E-state index >= 15 is 0 Å². The zero-order chi connectivity index (χ0) is 15.4. The number of nitrogens with two attached hydrogens (primary N) is 1. The number of methoxy groups -OCH3 is 1. The van der Waals surface area contributed by atoms with Crippen molar-refractivity contribution in [3.63, 3.8) is 0 Å². The number of carbonyl (C=O) groups is 1. The van der Waals surface area contributed by atoms with Gasteiger partial charge >= 0.3 is 5.97 Å². The second kappa shape index (κ2) is 6.26. The zero-order valence-electron chi connectivity index (χ0n) is 12.5. The summed E-state index contributed by atoms with van der Waals surface area (Å²) in [6.07, 6.45) is 1.56. The Kier molecular flexibility index (Phi) is 4.42. The number of pyridine rings is 1. The van der Waals surface area contributed by atoms with Crippen molar-refractivity contribution < 1.29 is 9.53 Å². The Morgan fingerprint density at radius 2 is 2.05 bits per heavy atom. The molecule has 0 atom stereocenters. The highest BCUT2D eigenvalue weighted by molar-refractivity contribution is 5.97. The van der Waals surface area contributed by atoms with Crippen LogP contribution in [0.2, 0.25) is 0 Å². The molecular formula is C16H19N3O2. The van der Waals surface area contributed by atoms with Crippen molar-refractivity contribution >= 4 is 17.5 Å². The number of nitrogens with zero attached hydrogens (tertiary/aromatic N) is 2. The van der Waals surface area contributed by atoms with E-state index in [0.717, 1.165) is 0 Å². The summed E-state index contributed by atoms with van der Waals surface area (Å²) in [5.41, 5.74) is 9.10. The molecule has 0 spiro atoms. The van der Waals surface area contributed by atoms with E-state index < -0.39 is 5.97 Å². The lowest BCUT2D eigenvalue weighted by molar-refractivity contribution is 0.0602. The number of nitrogen functional groups attached to an aromatic ring is 1. The molecule has 0 aliphatic rings. The minimum absolute atomic E-state index is 0.333. The van der Waals surface area contributed by atoms with Crippen molar-refractivity contribution in [2.24, 2.45) is 0 Å². The van der Waals surface area contributed by atoms with Gasteiger partial charge in [-0.05, 0) is 24.1 Å². The molecule has 2 rings (SSSR count). The van der Waals surface area contributed by atoms with Crippen molar-refractivity contribution in [3.8, 4) is 0 Å². The molecular weight excluding hydrogens is 266 g/mol. The third-order valence-electron chi connectivity index (χ3n) is 3.40. The van der Waals surface area contributed by atoms with E-state index in [4.69, 9.17) is 10.5 Å². The van der Waals surface area contributed by atoms with E-state index in [2.05, 4.69) is 24.0 Å². The lowest BCUT2D eigenvalue weighted by atomic mass is 10.1. The molecule has 0 saturated heterocycles. The van der Waals surface area contributed by atoms with E-state index in [9.17, 15) is 4.79 Å². The summed E-state index contributed by atoms with van der Waals surface area (Å²) in [4.78, 5) is 17.9. The summed E-state index contributed by atoms with van der Waals surface area (Å²) in [7, 11) is 3.23. The molecule has 0 bridgehead atoms. The molecule has 5 nitrogen and oxygen atoms in total. The molecule has 0 aliphatic carbocycles. The SMILES string of the molecule is COC(=O)c1ccnc(N(C)Cc2ccccc2C)c1N. The quantitative estimate of drug-likeness (QED) is 0.874. The van der Waals surface area contributed by atoms with Gasteiger partial charge in [0.05, 0.1) is 18.4 Å². The Balaban J connectivity index is 2.30. The standard InChI is InChI=1S/C16H19N3O2/c1-11-6-4-5-7-12(11)10-19(2)15-14(17)13(8-9-18-15)16(20)21-3/h4-9H,10,17H2,1-3H3. The lowest BCUT2D eigenvalue weighted by Gasteiger charge is -2.21. The van der Waals surface area contributed by atoms with E-state index in [1.807, 2.05) is 24.1 Å². The van der Waals surface area contributed by atoms with Crippen molar-refractivity contribution in [1.82, 2.24) is 4.98 Å². The Morgan fingerprint density at radius 1 is 1.33 bits per heavy atom. The number of benzene rings is 1. The molecule has 1 aromatic carbocycles. The Morgan fingerprint density at radius 3 is 2.71 bits per heavy atom. The maximum Gasteiger partial charge on any atom is 0.340 e. The number of hydrogen-bond donors (Lipinski definition) is 1. The maximum atomic E-state index is 11.7. The molecule has 0 fully saturated rings. The van der Waals surface area contributed by atoms with Crippen molar-refractivity contribution in [1.29, 1.82) is 0 Å². The first-order valence-corrected chi connectivity index (χ1v) is 6.63. The summed E-state index contributed by atoms with van der Waals surface area (Å²) in [5.74, 6) is 0.113. The molecule has 0 saturated carbocycles. The first-order chi connectivity index (χ1) is 10.0. The topological polar surface area (TPSA) is 68.5 Å². The smallest absolute Gasteiger partial charge is 0.340 e. The third-order valence-corrected chi connectivity index (χ3v) is 3.40. The number of aryl methyl sites for hydroxylation is 1. The number of hydrogen-bond acceptors (Lipinski definition) is 5. The molecule has 2 N–H and O–H groups in total. The predicted molar refractivity (Wildman–Crippen MR) is 83.3 cm³/mol. The Hall–Kier alpha value is -2.56. The van der Waals surface area contributed by atoms with Crippen molar-refractivity contribution in [2.75, 3.05) is 24.8 Å². The third kappa shape index (κ3) is 3.13. The highest BCUT2D eigenvalue weighted by Gasteiger charge is 2.16. The van der Waals surface area contributed by atoms with E-state index in [0.29, 0.717) is 23.6 Å². The van der Waals surface area contributed by atoms with Crippen LogP contribution in [0.4, 0.5) is 11.5 Å². The first kappa shape index (κ1) is 14.8. The minimum Gasteiger partial charge on any atom is -0.465 e. The largest absolute Gasteiger partial charge is 0.465 e. The average molecular weight is 285 g/mol. The molecule has 1 heterocycles. The van der Waals surface area contributed by atoms with Gasteiger partial charge in [-0.3, -0.25) is 0 Å². The normalized spacial score (nSPS) is 10.2. The summed E-state index contributed by atoms with van der Waals surface area (Å²) in [6, 6.07) is 9.68. The fraction of sp³-hybridized carbons (Fsp3) is 0.250. The first-order valence-electron chi connectivity index (χ1n) is 6.63. The molecule has 0 radical (unpaired) electrons. The molecule has 110 valence electrons. The Bertz CT molecular complexity index is 656. The predicted octanol–water partition coefficient (Wildman–Crippen LogP) is 2.40. The van der Waals surface area contributed by atoms with Gasteiger partial charge in [0.2, 0.25) is 0 Å². The molecule has 21 heavy (non-hydrogen) atoms. The fourth-order valence-electron chi connectivity index (χ4n) is 2.17. The molecule has 0 amide bonds. The van der Waals surface area contributed by atoms with Crippen molar-refractivity contribution in [3.05, 3.63) is 53.2 Å². The van der Waals surface area contributed by atoms with E-state index in [1.165, 1.54) is 18.2 Å². The summed E-state index contributed by atoms with van der Waals surface area (Å²) < 4.78 is 4.72. The highest BCUT2D eigenvalue weighted by Crippen LogP contribution is 2.25. The summed E-state index contributed by atoms with van der Waals surface area (Å²) in [5, 5.41) is 0. The van der Waals surface area contributed by atoms with Crippen molar-refractivity contribution in [2.45, 2.75) is 13.5 Å². The van der Waals surface area contributed by atoms with Gasteiger partial charge in [-0.2, -0.15) is 0 Å². The Labute approximate surface area is 124 Å². The van der Waals surface area contributed by atoms with Gasteiger partial charge in [0.15, 0.2) is 5.82 Å². The van der Waals surface area contributed by atoms with Crippen LogP contribution >= 0.6 is 0 Å². The van der Waals surface area contributed by atoms with Crippen LogP contribution in [0.25, 0.3) is 0 Å². The number of carbonyl (C=O) groups excluding carboxylic acids is 1. The number of ether oxygens (including phenoxy) is 1. The van der Waals surface area contributed by atoms with Crippen LogP contribution in [-0.4, -0.2) is 25.1 Å². The molecule has 1 aromatic heterocycles. The lowest BCUT2D eigenvalue weighted by Crippen LogP contribution is -2.21. The van der Waals surface area contributed by atoms with Crippen LogP contribution in [0.1, 0.15) is 21.5 Å². The van der Waals surface area contributed by atoms with Gasteiger partial charge in [-0.15, -0.1) is 0 Å². The van der Waals surface area contributed by atoms with Gasteiger partial charge in [-0.25, -0.2) is 9.78 Å². The second-order valence-electron chi connectivity index (χ2n) is 4.87. The molecule has 0 aliphatic heterocycles.